The van der Waals surface area contributed by atoms with E-state index in [1.54, 1.807) is 6.20 Å². The summed E-state index contributed by atoms with van der Waals surface area (Å²) in [5.74, 6) is -0.667. The Hall–Kier alpha value is -0.900. The van der Waals surface area contributed by atoms with Crippen LogP contribution in [-0.2, 0) is 4.79 Å². The zero-order valence-electron chi connectivity index (χ0n) is 6.86. The first-order valence-electron chi connectivity index (χ1n) is 3.85. The molecule has 1 aromatic rings. The summed E-state index contributed by atoms with van der Waals surface area (Å²) in [4.78, 5) is 14.5. The van der Waals surface area contributed by atoms with Crippen LogP contribution in [-0.4, -0.2) is 16.1 Å². The van der Waals surface area contributed by atoms with E-state index in [2.05, 4.69) is 4.98 Å². The molecule has 3 nitrogen and oxygen atoms in total. The quantitative estimate of drug-likeness (QED) is 0.781. The lowest BCUT2D eigenvalue weighted by Gasteiger charge is -2.07. The summed E-state index contributed by atoms with van der Waals surface area (Å²) in [6.07, 6.45) is 2.73. The van der Waals surface area contributed by atoms with Gasteiger partial charge in [-0.25, -0.2) is 4.98 Å². The number of hydrogen-bond acceptors (Lipinski definition) is 3. The molecular formula is C8H11NO2S. The number of carbonyl (C=O) groups is 1. The Morgan fingerprint density at radius 3 is 3.00 bits per heavy atom. The monoisotopic (exact) mass is 185 g/mol. The van der Waals surface area contributed by atoms with Crippen molar-refractivity contribution in [1.82, 2.24) is 4.98 Å². The molecule has 0 aliphatic heterocycles. The van der Waals surface area contributed by atoms with E-state index < -0.39 is 5.97 Å². The Morgan fingerprint density at radius 1 is 1.83 bits per heavy atom. The summed E-state index contributed by atoms with van der Waals surface area (Å²) in [6.45, 7) is 1.98. The van der Waals surface area contributed by atoms with Crippen molar-refractivity contribution in [2.75, 3.05) is 0 Å². The molecule has 0 saturated carbocycles. The fraction of sp³-hybridized carbons (Fsp3) is 0.500. The van der Waals surface area contributed by atoms with Crippen molar-refractivity contribution in [2.45, 2.75) is 25.7 Å². The highest BCUT2D eigenvalue weighted by molar-refractivity contribution is 7.09. The fourth-order valence-electron chi connectivity index (χ4n) is 1.05. The molecule has 66 valence electrons. The van der Waals surface area contributed by atoms with Gasteiger partial charge >= 0.3 is 5.97 Å². The average molecular weight is 185 g/mol. The highest BCUT2D eigenvalue weighted by atomic mass is 32.1. The Kier molecular flexibility index (Phi) is 3.22. The molecule has 1 heterocycles. The predicted octanol–water partition coefficient (Wildman–Crippen LogP) is 2.11. The van der Waals surface area contributed by atoms with Crippen LogP contribution in [0.5, 0.6) is 0 Å². The number of rotatable bonds is 4. The number of hydrogen-bond donors (Lipinski definition) is 1. The minimum atomic E-state index is -0.753. The molecule has 0 bridgehead atoms. The maximum atomic E-state index is 10.4. The summed E-state index contributed by atoms with van der Waals surface area (Å²) < 4.78 is 0. The van der Waals surface area contributed by atoms with E-state index in [0.717, 1.165) is 11.4 Å². The van der Waals surface area contributed by atoms with E-state index in [1.165, 1.54) is 11.3 Å². The first kappa shape index (κ1) is 9.19. The van der Waals surface area contributed by atoms with Gasteiger partial charge in [0.15, 0.2) is 0 Å². The molecule has 0 aromatic carbocycles. The number of thiazole rings is 1. The summed E-state index contributed by atoms with van der Waals surface area (Å²) in [5.41, 5.74) is 0. The van der Waals surface area contributed by atoms with Gasteiger partial charge in [-0.05, 0) is 6.42 Å². The Labute approximate surface area is 75.1 Å². The van der Waals surface area contributed by atoms with E-state index in [9.17, 15) is 4.79 Å². The molecule has 1 rings (SSSR count). The normalized spacial score (nSPS) is 12.8. The van der Waals surface area contributed by atoms with E-state index >= 15 is 0 Å². The van der Waals surface area contributed by atoms with Gasteiger partial charge in [0.1, 0.15) is 0 Å². The molecule has 0 fully saturated rings. The van der Waals surface area contributed by atoms with Crippen molar-refractivity contribution in [2.24, 2.45) is 0 Å². The number of aromatic nitrogens is 1. The van der Waals surface area contributed by atoms with Gasteiger partial charge in [-0.15, -0.1) is 11.3 Å². The lowest BCUT2D eigenvalue weighted by molar-refractivity contribution is -0.137. The van der Waals surface area contributed by atoms with Crippen LogP contribution in [0.1, 0.15) is 30.7 Å². The van der Waals surface area contributed by atoms with Crippen LogP contribution in [0.3, 0.4) is 0 Å². The van der Waals surface area contributed by atoms with Crippen LogP contribution in [0, 0.1) is 0 Å². The van der Waals surface area contributed by atoms with Crippen molar-refractivity contribution >= 4 is 17.3 Å². The lowest BCUT2D eigenvalue weighted by Crippen LogP contribution is -2.04. The molecule has 0 aliphatic carbocycles. The van der Waals surface area contributed by atoms with Crippen molar-refractivity contribution in [3.63, 3.8) is 0 Å². The lowest BCUT2D eigenvalue weighted by atomic mass is 10.0. The second-order valence-electron chi connectivity index (χ2n) is 2.57. The number of aliphatic carboxylic acids is 1. The molecular weight excluding hydrogens is 174 g/mol. The molecule has 1 aromatic heterocycles. The van der Waals surface area contributed by atoms with Crippen LogP contribution >= 0.6 is 11.3 Å². The Morgan fingerprint density at radius 2 is 2.58 bits per heavy atom. The van der Waals surface area contributed by atoms with E-state index in [4.69, 9.17) is 5.11 Å². The largest absolute Gasteiger partial charge is 0.481 e. The van der Waals surface area contributed by atoms with Gasteiger partial charge in [0.25, 0.3) is 0 Å². The number of carboxylic acids is 1. The fourth-order valence-corrected chi connectivity index (χ4v) is 1.88. The molecule has 4 heteroatoms. The third-order valence-electron chi connectivity index (χ3n) is 1.71. The van der Waals surface area contributed by atoms with E-state index in [0.29, 0.717) is 0 Å². The zero-order valence-corrected chi connectivity index (χ0v) is 7.67. The van der Waals surface area contributed by atoms with Crippen LogP contribution < -0.4 is 0 Å². The second kappa shape index (κ2) is 4.21. The number of nitrogens with zero attached hydrogens (tertiary/aromatic N) is 1. The average Bonchev–Trinajstić information content (AvgIpc) is 2.51. The van der Waals surface area contributed by atoms with Gasteiger partial charge in [0.2, 0.25) is 0 Å². The third kappa shape index (κ3) is 2.30. The molecule has 0 spiro atoms. The molecule has 1 atom stereocenters. The zero-order chi connectivity index (χ0) is 8.97. The van der Waals surface area contributed by atoms with Crippen LogP contribution in [0.2, 0.25) is 0 Å². The van der Waals surface area contributed by atoms with Gasteiger partial charge in [0.05, 0.1) is 11.4 Å². The summed E-state index contributed by atoms with van der Waals surface area (Å²) >= 11 is 1.52. The van der Waals surface area contributed by atoms with E-state index in [1.807, 2.05) is 12.3 Å². The minimum Gasteiger partial charge on any atom is -0.481 e. The van der Waals surface area contributed by atoms with Gasteiger partial charge < -0.3 is 5.11 Å². The second-order valence-corrected chi connectivity index (χ2v) is 3.50. The van der Waals surface area contributed by atoms with Crippen molar-refractivity contribution in [1.29, 1.82) is 0 Å². The van der Waals surface area contributed by atoms with Crippen LogP contribution in [0.4, 0.5) is 0 Å². The predicted molar refractivity (Wildman–Crippen MR) is 47.4 cm³/mol. The molecule has 1 N–H and O–H groups in total. The van der Waals surface area contributed by atoms with E-state index in [-0.39, 0.29) is 12.3 Å². The van der Waals surface area contributed by atoms with Crippen LogP contribution in [0.25, 0.3) is 0 Å². The SMILES string of the molecule is CCC(CC(=O)O)c1nccs1. The van der Waals surface area contributed by atoms with Gasteiger partial charge in [-0.2, -0.15) is 0 Å². The van der Waals surface area contributed by atoms with Gasteiger partial charge in [-0.3, -0.25) is 4.79 Å². The first-order valence-corrected chi connectivity index (χ1v) is 4.73. The molecule has 1 unspecified atom stereocenters. The maximum absolute atomic E-state index is 10.4. The third-order valence-corrected chi connectivity index (χ3v) is 2.65. The van der Waals surface area contributed by atoms with Crippen molar-refractivity contribution in [3.05, 3.63) is 16.6 Å². The molecule has 0 aliphatic rings. The van der Waals surface area contributed by atoms with Gasteiger partial charge in [-0.1, -0.05) is 6.92 Å². The first-order chi connectivity index (χ1) is 5.74. The van der Waals surface area contributed by atoms with Crippen molar-refractivity contribution < 1.29 is 9.90 Å². The Balaban J connectivity index is 2.63. The van der Waals surface area contributed by atoms with Gasteiger partial charge in [0, 0.05) is 17.5 Å². The van der Waals surface area contributed by atoms with Crippen molar-refractivity contribution in [3.8, 4) is 0 Å². The standard InChI is InChI=1S/C8H11NO2S/c1-2-6(5-7(10)11)8-9-3-4-12-8/h3-4,6H,2,5H2,1H3,(H,10,11). The minimum absolute atomic E-state index is 0.0856. The summed E-state index contributed by atoms with van der Waals surface area (Å²) in [5, 5.41) is 11.4. The maximum Gasteiger partial charge on any atom is 0.304 e. The molecule has 0 amide bonds. The number of carboxylic acid groups (broad SMARTS) is 1. The van der Waals surface area contributed by atoms with Crippen LogP contribution in [0.15, 0.2) is 11.6 Å². The Bertz CT molecular complexity index is 246. The molecule has 0 radical (unpaired) electrons. The molecule has 0 saturated heterocycles. The topological polar surface area (TPSA) is 50.2 Å². The smallest absolute Gasteiger partial charge is 0.304 e. The highest BCUT2D eigenvalue weighted by Crippen LogP contribution is 2.24. The highest BCUT2D eigenvalue weighted by Gasteiger charge is 2.15. The summed E-state index contributed by atoms with van der Waals surface area (Å²) in [7, 11) is 0. The molecule has 12 heavy (non-hydrogen) atoms. The summed E-state index contributed by atoms with van der Waals surface area (Å²) in [6, 6.07) is 0.